The van der Waals surface area contributed by atoms with Crippen LogP contribution in [-0.4, -0.2) is 33.5 Å². The van der Waals surface area contributed by atoms with Crippen molar-refractivity contribution in [3.8, 4) is 0 Å². The minimum atomic E-state index is -0.203. The van der Waals surface area contributed by atoms with Gasteiger partial charge in [-0.15, -0.1) is 0 Å². The fourth-order valence-electron chi connectivity index (χ4n) is 1.51. The molecule has 0 saturated carbocycles. The number of carbonyl (C=O) groups excluding carboxylic acids is 1. The van der Waals surface area contributed by atoms with E-state index in [0.29, 0.717) is 30.1 Å². The van der Waals surface area contributed by atoms with E-state index >= 15 is 0 Å². The first kappa shape index (κ1) is 14.4. The molecule has 0 unspecified atom stereocenters. The van der Waals surface area contributed by atoms with E-state index in [2.05, 4.69) is 0 Å². The molecular formula is C12H17N3O2S. The topological polar surface area (TPSA) is 68.3 Å². The summed E-state index contributed by atoms with van der Waals surface area (Å²) in [5.74, 6) is -0.175. The number of pyridine rings is 1. The van der Waals surface area contributed by atoms with Gasteiger partial charge in [-0.2, -0.15) is 0 Å². The highest BCUT2D eigenvalue weighted by Gasteiger charge is 2.14. The number of rotatable bonds is 5. The highest BCUT2D eigenvalue weighted by Crippen LogP contribution is 2.03. The van der Waals surface area contributed by atoms with Gasteiger partial charge in [0, 0.05) is 44.4 Å². The van der Waals surface area contributed by atoms with E-state index < -0.39 is 0 Å². The van der Waals surface area contributed by atoms with Gasteiger partial charge in [0.15, 0.2) is 0 Å². The zero-order valence-corrected chi connectivity index (χ0v) is 11.4. The molecule has 0 aromatic carbocycles. The molecule has 1 rings (SSSR count). The van der Waals surface area contributed by atoms with Crippen LogP contribution in [0.25, 0.3) is 0 Å². The highest BCUT2D eigenvalue weighted by molar-refractivity contribution is 7.80. The van der Waals surface area contributed by atoms with E-state index in [9.17, 15) is 9.59 Å². The number of aryl methyl sites for hydroxylation is 1. The van der Waals surface area contributed by atoms with E-state index in [0.717, 1.165) is 0 Å². The van der Waals surface area contributed by atoms with Gasteiger partial charge in [-0.3, -0.25) is 9.59 Å². The molecule has 0 saturated heterocycles. The molecule has 18 heavy (non-hydrogen) atoms. The molecule has 1 heterocycles. The Hall–Kier alpha value is -1.69. The second-order valence-electron chi connectivity index (χ2n) is 3.97. The van der Waals surface area contributed by atoms with E-state index in [4.69, 9.17) is 18.0 Å². The van der Waals surface area contributed by atoms with Gasteiger partial charge in [-0.1, -0.05) is 12.2 Å². The standard InChI is InChI=1S/C12H17N3O2S/c1-3-15(7-5-10(13)18)12(17)9-4-6-14(2)11(16)8-9/h4,6,8H,3,5,7H2,1-2H3,(H2,13,18). The van der Waals surface area contributed by atoms with Crippen LogP contribution in [0.2, 0.25) is 0 Å². The molecule has 1 aromatic heterocycles. The maximum atomic E-state index is 12.1. The summed E-state index contributed by atoms with van der Waals surface area (Å²) < 4.78 is 1.42. The van der Waals surface area contributed by atoms with Gasteiger partial charge in [0.2, 0.25) is 0 Å². The number of hydrogen-bond donors (Lipinski definition) is 1. The molecule has 0 aliphatic heterocycles. The van der Waals surface area contributed by atoms with E-state index in [1.165, 1.54) is 10.6 Å². The Bertz CT molecular complexity index is 510. The summed E-state index contributed by atoms with van der Waals surface area (Å²) in [5.41, 5.74) is 5.61. The van der Waals surface area contributed by atoms with Gasteiger partial charge in [-0.05, 0) is 13.0 Å². The van der Waals surface area contributed by atoms with Crippen molar-refractivity contribution in [1.29, 1.82) is 0 Å². The summed E-state index contributed by atoms with van der Waals surface area (Å²) in [4.78, 5) is 25.6. The monoisotopic (exact) mass is 267 g/mol. The third-order valence-corrected chi connectivity index (χ3v) is 2.85. The predicted molar refractivity (Wildman–Crippen MR) is 74.7 cm³/mol. The van der Waals surface area contributed by atoms with Crippen molar-refractivity contribution in [2.45, 2.75) is 13.3 Å². The second kappa shape index (κ2) is 6.30. The van der Waals surface area contributed by atoms with Crippen molar-refractivity contribution in [2.24, 2.45) is 12.8 Å². The Balaban J connectivity index is 2.86. The van der Waals surface area contributed by atoms with Crippen LogP contribution in [0.15, 0.2) is 23.1 Å². The Morgan fingerprint density at radius 1 is 1.56 bits per heavy atom. The number of nitrogens with two attached hydrogens (primary N) is 1. The van der Waals surface area contributed by atoms with Gasteiger partial charge in [0.1, 0.15) is 0 Å². The van der Waals surface area contributed by atoms with Crippen LogP contribution in [0.1, 0.15) is 23.7 Å². The maximum absolute atomic E-state index is 12.1. The van der Waals surface area contributed by atoms with E-state index in [1.54, 1.807) is 24.2 Å². The summed E-state index contributed by atoms with van der Waals surface area (Å²) in [6.45, 7) is 2.90. The van der Waals surface area contributed by atoms with Crippen molar-refractivity contribution in [3.63, 3.8) is 0 Å². The molecule has 98 valence electrons. The van der Waals surface area contributed by atoms with Crippen molar-refractivity contribution < 1.29 is 4.79 Å². The number of aromatic nitrogens is 1. The molecule has 1 amide bonds. The van der Waals surface area contributed by atoms with Gasteiger partial charge in [-0.25, -0.2) is 0 Å². The Kier molecular flexibility index (Phi) is 5.03. The summed E-state index contributed by atoms with van der Waals surface area (Å²) in [7, 11) is 1.64. The third-order valence-electron chi connectivity index (χ3n) is 2.65. The molecule has 0 aliphatic carbocycles. The lowest BCUT2D eigenvalue weighted by molar-refractivity contribution is 0.0768. The van der Waals surface area contributed by atoms with Crippen molar-refractivity contribution in [3.05, 3.63) is 34.2 Å². The molecular weight excluding hydrogens is 250 g/mol. The molecule has 1 aromatic rings. The Labute approximate surface area is 111 Å². The average Bonchev–Trinajstić information content (AvgIpc) is 2.32. The van der Waals surface area contributed by atoms with E-state index in [-0.39, 0.29) is 11.5 Å². The van der Waals surface area contributed by atoms with Crippen LogP contribution in [0.5, 0.6) is 0 Å². The predicted octanol–water partition coefficient (Wildman–Crippen LogP) is 0.524. The van der Waals surface area contributed by atoms with Crippen LogP contribution in [-0.2, 0) is 7.05 Å². The summed E-state index contributed by atoms with van der Waals surface area (Å²) in [6.07, 6.45) is 2.07. The first-order valence-electron chi connectivity index (χ1n) is 5.70. The summed E-state index contributed by atoms with van der Waals surface area (Å²) in [5, 5.41) is 0. The van der Waals surface area contributed by atoms with Crippen LogP contribution >= 0.6 is 12.2 Å². The van der Waals surface area contributed by atoms with Crippen molar-refractivity contribution >= 4 is 23.1 Å². The van der Waals surface area contributed by atoms with Gasteiger partial charge < -0.3 is 15.2 Å². The quantitative estimate of drug-likeness (QED) is 0.790. The van der Waals surface area contributed by atoms with Crippen LogP contribution in [0.3, 0.4) is 0 Å². The average molecular weight is 267 g/mol. The van der Waals surface area contributed by atoms with Crippen LogP contribution in [0.4, 0.5) is 0 Å². The molecule has 0 fully saturated rings. The molecule has 0 bridgehead atoms. The fourth-order valence-corrected chi connectivity index (χ4v) is 1.60. The Morgan fingerprint density at radius 3 is 2.72 bits per heavy atom. The number of thiocarbonyl (C=S) groups is 1. The molecule has 0 atom stereocenters. The van der Waals surface area contributed by atoms with Crippen LogP contribution in [0, 0.1) is 0 Å². The van der Waals surface area contributed by atoms with E-state index in [1.807, 2.05) is 6.92 Å². The number of carbonyl (C=O) groups is 1. The largest absolute Gasteiger partial charge is 0.393 e. The van der Waals surface area contributed by atoms with Crippen LogP contribution < -0.4 is 11.3 Å². The van der Waals surface area contributed by atoms with Gasteiger partial charge >= 0.3 is 0 Å². The SMILES string of the molecule is CCN(CCC(N)=S)C(=O)c1ccn(C)c(=O)c1. The zero-order chi connectivity index (χ0) is 13.7. The number of hydrogen-bond acceptors (Lipinski definition) is 3. The third kappa shape index (κ3) is 3.66. The lowest BCUT2D eigenvalue weighted by atomic mass is 10.2. The number of amides is 1. The molecule has 2 N–H and O–H groups in total. The minimum absolute atomic E-state index is 0.175. The van der Waals surface area contributed by atoms with Gasteiger partial charge in [0.05, 0.1) is 4.99 Å². The lowest BCUT2D eigenvalue weighted by Crippen LogP contribution is -2.34. The Morgan fingerprint density at radius 2 is 2.22 bits per heavy atom. The molecule has 0 spiro atoms. The second-order valence-corrected chi connectivity index (χ2v) is 4.49. The fraction of sp³-hybridized carbons (Fsp3) is 0.417. The smallest absolute Gasteiger partial charge is 0.254 e. The minimum Gasteiger partial charge on any atom is -0.393 e. The normalized spacial score (nSPS) is 10.1. The highest BCUT2D eigenvalue weighted by atomic mass is 32.1. The summed E-state index contributed by atoms with van der Waals surface area (Å²) >= 11 is 4.79. The molecule has 5 nitrogen and oxygen atoms in total. The number of nitrogens with zero attached hydrogens (tertiary/aromatic N) is 2. The lowest BCUT2D eigenvalue weighted by Gasteiger charge is -2.20. The molecule has 0 radical (unpaired) electrons. The zero-order valence-electron chi connectivity index (χ0n) is 10.5. The summed E-state index contributed by atoms with van der Waals surface area (Å²) in [6, 6.07) is 2.97. The van der Waals surface area contributed by atoms with Gasteiger partial charge in [0.25, 0.3) is 11.5 Å². The van der Waals surface area contributed by atoms with Crippen molar-refractivity contribution in [1.82, 2.24) is 9.47 Å². The maximum Gasteiger partial charge on any atom is 0.254 e. The first-order valence-corrected chi connectivity index (χ1v) is 6.10. The first-order chi connectivity index (χ1) is 8.45. The molecule has 6 heteroatoms. The van der Waals surface area contributed by atoms with Crippen molar-refractivity contribution in [2.75, 3.05) is 13.1 Å². The molecule has 0 aliphatic rings.